The molecule has 44 heavy (non-hydrogen) atoms. The van der Waals surface area contributed by atoms with Gasteiger partial charge in [-0.25, -0.2) is 25.4 Å². The number of nitrogens with zero attached hydrogens (tertiary/aromatic N) is 2. The Bertz CT molecular complexity index is 1570. The SMILES string of the molecule is CCOC(=O)CCN(C)S(=O)(=O)c1c(C)cc(OC)c(C)c1C.COc1cc(C)c(S(=O)(=O)N(C)CCC(=O)O)c(C)c1C. The molecule has 12 nitrogen and oxygen atoms in total. The first kappa shape index (κ1) is 38.8. The van der Waals surface area contributed by atoms with Gasteiger partial charge in [0, 0.05) is 27.2 Å². The Morgan fingerprint density at radius 2 is 1.07 bits per heavy atom. The highest BCUT2D eigenvalue weighted by molar-refractivity contribution is 7.89. The van der Waals surface area contributed by atoms with Gasteiger partial charge in [-0.2, -0.15) is 0 Å². The maximum atomic E-state index is 12.8. The van der Waals surface area contributed by atoms with Gasteiger partial charge < -0.3 is 19.3 Å². The Balaban J connectivity index is 0.000000442. The van der Waals surface area contributed by atoms with E-state index in [1.165, 1.54) is 25.5 Å². The minimum absolute atomic E-state index is 0.0246. The summed E-state index contributed by atoms with van der Waals surface area (Å²) in [6.45, 7) is 12.5. The van der Waals surface area contributed by atoms with Crippen LogP contribution in [0.1, 0.15) is 53.1 Å². The summed E-state index contributed by atoms with van der Waals surface area (Å²) in [6.07, 6.45) is -0.209. The Morgan fingerprint density at radius 1 is 0.705 bits per heavy atom. The van der Waals surface area contributed by atoms with Crippen LogP contribution in [0.3, 0.4) is 0 Å². The topological polar surface area (TPSA) is 157 Å². The summed E-state index contributed by atoms with van der Waals surface area (Å²) < 4.78 is 68.5. The van der Waals surface area contributed by atoms with Crippen molar-refractivity contribution in [2.45, 2.75) is 71.1 Å². The number of carboxylic acid groups (broad SMARTS) is 1. The fourth-order valence-electron chi connectivity index (χ4n) is 4.55. The standard InChI is InChI=1S/C16H25NO5S.C14H21NO5S/c1-7-22-15(18)8-9-17(5)23(19,20)16-11(2)10-14(21-6)12(3)13(16)4;1-9-8-12(20-5)10(2)11(3)14(9)21(18,19)15(4)7-6-13(16)17/h10H,7-9H2,1-6H3;8H,6-7H2,1-5H3,(H,16,17). The van der Waals surface area contributed by atoms with Crippen LogP contribution in [0.4, 0.5) is 0 Å². The van der Waals surface area contributed by atoms with Crippen molar-refractivity contribution >= 4 is 32.0 Å². The molecule has 0 amide bonds. The predicted octanol–water partition coefficient (Wildman–Crippen LogP) is 3.91. The van der Waals surface area contributed by atoms with E-state index >= 15 is 0 Å². The summed E-state index contributed by atoms with van der Waals surface area (Å²) in [5, 5.41) is 8.68. The number of hydrogen-bond donors (Lipinski definition) is 1. The van der Waals surface area contributed by atoms with Gasteiger partial charge in [0.05, 0.1) is 43.5 Å². The Morgan fingerprint density at radius 3 is 1.39 bits per heavy atom. The monoisotopic (exact) mass is 658 g/mol. The van der Waals surface area contributed by atoms with Crippen LogP contribution in [0.2, 0.25) is 0 Å². The van der Waals surface area contributed by atoms with Gasteiger partial charge in [0.1, 0.15) is 11.5 Å². The molecule has 0 spiro atoms. The summed E-state index contributed by atoms with van der Waals surface area (Å²) in [5.41, 5.74) is 4.02. The van der Waals surface area contributed by atoms with Crippen LogP contribution < -0.4 is 9.47 Å². The molecule has 0 saturated carbocycles. The molecular weight excluding hydrogens is 612 g/mol. The lowest BCUT2D eigenvalue weighted by Crippen LogP contribution is -2.30. The van der Waals surface area contributed by atoms with Crippen molar-refractivity contribution < 1.29 is 45.7 Å². The number of methoxy groups -OCH3 is 2. The zero-order valence-electron chi connectivity index (χ0n) is 27.5. The number of carboxylic acids is 1. The van der Waals surface area contributed by atoms with Crippen LogP contribution in [0, 0.1) is 41.5 Å². The minimum atomic E-state index is -3.73. The zero-order valence-corrected chi connectivity index (χ0v) is 29.2. The van der Waals surface area contributed by atoms with Crippen molar-refractivity contribution in [3.8, 4) is 11.5 Å². The third kappa shape index (κ3) is 9.16. The lowest BCUT2D eigenvalue weighted by Gasteiger charge is -2.21. The molecule has 1 N–H and O–H groups in total. The lowest BCUT2D eigenvalue weighted by atomic mass is 10.1. The number of sulfonamides is 2. The highest BCUT2D eigenvalue weighted by Gasteiger charge is 2.28. The number of hydrogen-bond acceptors (Lipinski definition) is 9. The second-order valence-electron chi connectivity index (χ2n) is 10.3. The smallest absolute Gasteiger partial charge is 0.307 e. The molecule has 0 aliphatic heterocycles. The Kier molecular flexibility index (Phi) is 14.3. The zero-order chi connectivity index (χ0) is 34.2. The molecule has 0 saturated heterocycles. The van der Waals surface area contributed by atoms with E-state index < -0.39 is 32.0 Å². The predicted molar refractivity (Wildman–Crippen MR) is 168 cm³/mol. The summed E-state index contributed by atoms with van der Waals surface area (Å²) in [7, 11) is -1.47. The molecular formula is C30H46N2O10S2. The number of benzene rings is 2. The van der Waals surface area contributed by atoms with E-state index in [0.29, 0.717) is 33.8 Å². The van der Waals surface area contributed by atoms with Gasteiger partial charge in [0.15, 0.2) is 0 Å². The Labute approximate surface area is 262 Å². The van der Waals surface area contributed by atoms with E-state index in [2.05, 4.69) is 0 Å². The molecule has 0 radical (unpaired) electrons. The molecule has 248 valence electrons. The summed E-state index contributed by atoms with van der Waals surface area (Å²) in [6, 6.07) is 3.40. The molecule has 2 rings (SSSR count). The van der Waals surface area contributed by atoms with Crippen LogP contribution in [0.5, 0.6) is 11.5 Å². The minimum Gasteiger partial charge on any atom is -0.496 e. The molecule has 0 aliphatic carbocycles. The van der Waals surface area contributed by atoms with Gasteiger partial charge in [-0.3, -0.25) is 9.59 Å². The molecule has 0 heterocycles. The number of ether oxygens (including phenoxy) is 3. The average Bonchev–Trinajstić information content (AvgIpc) is 2.94. The summed E-state index contributed by atoms with van der Waals surface area (Å²) >= 11 is 0. The van der Waals surface area contributed by atoms with Crippen LogP contribution in [-0.2, 0) is 34.4 Å². The normalized spacial score (nSPS) is 11.7. The second-order valence-corrected chi connectivity index (χ2v) is 14.3. The average molecular weight is 659 g/mol. The van der Waals surface area contributed by atoms with Crippen LogP contribution in [-0.4, -0.2) is 90.5 Å². The molecule has 14 heteroatoms. The number of aryl methyl sites for hydroxylation is 2. The van der Waals surface area contributed by atoms with Crippen molar-refractivity contribution in [3.05, 3.63) is 45.5 Å². The maximum absolute atomic E-state index is 12.8. The molecule has 0 bridgehead atoms. The van der Waals surface area contributed by atoms with Crippen molar-refractivity contribution in [1.29, 1.82) is 0 Å². The molecule has 0 atom stereocenters. The first-order valence-electron chi connectivity index (χ1n) is 13.9. The summed E-state index contributed by atoms with van der Waals surface area (Å²) in [4.78, 5) is 22.5. The molecule has 0 aromatic heterocycles. The van der Waals surface area contributed by atoms with E-state index in [4.69, 9.17) is 19.3 Å². The van der Waals surface area contributed by atoms with E-state index in [9.17, 15) is 26.4 Å². The highest BCUT2D eigenvalue weighted by atomic mass is 32.2. The fraction of sp³-hybridized carbons (Fsp3) is 0.533. The summed E-state index contributed by atoms with van der Waals surface area (Å²) in [5.74, 6) is -0.143. The third-order valence-corrected chi connectivity index (χ3v) is 11.6. The van der Waals surface area contributed by atoms with Crippen molar-refractivity contribution in [3.63, 3.8) is 0 Å². The molecule has 2 aromatic rings. The largest absolute Gasteiger partial charge is 0.496 e. The fourth-order valence-corrected chi connectivity index (χ4v) is 7.85. The van der Waals surface area contributed by atoms with Crippen molar-refractivity contribution in [2.24, 2.45) is 0 Å². The second kappa shape index (κ2) is 16.2. The first-order valence-corrected chi connectivity index (χ1v) is 16.8. The number of carbonyl (C=O) groups excluding carboxylic acids is 1. The van der Waals surface area contributed by atoms with Gasteiger partial charge >= 0.3 is 11.9 Å². The van der Waals surface area contributed by atoms with Gasteiger partial charge in [0.25, 0.3) is 0 Å². The quantitative estimate of drug-likeness (QED) is 0.313. The number of carbonyl (C=O) groups is 2. The lowest BCUT2D eigenvalue weighted by molar-refractivity contribution is -0.143. The molecule has 0 fully saturated rings. The van der Waals surface area contributed by atoms with Gasteiger partial charge in [-0.1, -0.05) is 0 Å². The van der Waals surface area contributed by atoms with E-state index in [0.717, 1.165) is 15.4 Å². The van der Waals surface area contributed by atoms with Gasteiger partial charge in [0.2, 0.25) is 20.0 Å². The number of aliphatic carboxylic acids is 1. The van der Waals surface area contributed by atoms with Crippen LogP contribution >= 0.6 is 0 Å². The molecule has 2 aromatic carbocycles. The van der Waals surface area contributed by atoms with Crippen LogP contribution in [0.15, 0.2) is 21.9 Å². The Hall–Kier alpha value is -3.20. The van der Waals surface area contributed by atoms with E-state index in [1.807, 2.05) is 6.92 Å². The van der Waals surface area contributed by atoms with Gasteiger partial charge in [-0.05, 0) is 94.0 Å². The number of esters is 1. The van der Waals surface area contributed by atoms with E-state index in [-0.39, 0.29) is 42.3 Å². The highest BCUT2D eigenvalue weighted by Crippen LogP contribution is 2.33. The van der Waals surface area contributed by atoms with Crippen molar-refractivity contribution in [2.75, 3.05) is 48.0 Å². The van der Waals surface area contributed by atoms with Crippen LogP contribution in [0.25, 0.3) is 0 Å². The third-order valence-electron chi connectivity index (χ3n) is 7.31. The number of rotatable bonds is 13. The first-order chi connectivity index (χ1) is 20.3. The van der Waals surface area contributed by atoms with Gasteiger partial charge in [-0.15, -0.1) is 0 Å². The molecule has 0 aliphatic rings. The molecule has 0 unspecified atom stereocenters. The van der Waals surface area contributed by atoms with Crippen molar-refractivity contribution in [1.82, 2.24) is 8.61 Å². The maximum Gasteiger partial charge on any atom is 0.307 e. The van der Waals surface area contributed by atoms with E-state index in [1.54, 1.807) is 60.8 Å².